The first-order chi connectivity index (χ1) is 15.2. The van der Waals surface area contributed by atoms with Crippen LogP contribution in [0.5, 0.6) is 0 Å². The molecule has 0 spiro atoms. The van der Waals surface area contributed by atoms with Gasteiger partial charge in [0.2, 0.25) is 10.0 Å². The number of carboxylic acid groups (broad SMARTS) is 1. The van der Waals surface area contributed by atoms with E-state index in [9.17, 15) is 23.1 Å². The quantitative estimate of drug-likeness (QED) is 0.538. The van der Waals surface area contributed by atoms with Crippen molar-refractivity contribution < 1.29 is 18.3 Å². The number of sulfonamides is 1. The van der Waals surface area contributed by atoms with E-state index in [0.29, 0.717) is 41.9 Å². The molecule has 0 saturated heterocycles. The normalized spacial score (nSPS) is 19.3. The van der Waals surface area contributed by atoms with Crippen molar-refractivity contribution in [1.82, 2.24) is 18.8 Å². The van der Waals surface area contributed by atoms with Crippen LogP contribution < -0.4 is 10.4 Å². The summed E-state index contributed by atoms with van der Waals surface area (Å²) in [6.07, 6.45) is 3.62. The number of aliphatic carboxylic acids is 1. The molecule has 9 nitrogen and oxygen atoms in total. The Kier molecular flexibility index (Phi) is 6.30. The van der Waals surface area contributed by atoms with Crippen LogP contribution in [0.1, 0.15) is 31.7 Å². The third kappa shape index (κ3) is 4.40. The van der Waals surface area contributed by atoms with Crippen molar-refractivity contribution in [2.24, 2.45) is 0 Å². The lowest BCUT2D eigenvalue weighted by atomic mass is 9.91. The number of carbonyl (C=O) groups is 1. The molecule has 2 heterocycles. The van der Waals surface area contributed by atoms with Crippen LogP contribution in [0.15, 0.2) is 46.2 Å². The number of pyridine rings is 1. The third-order valence-corrected chi connectivity index (χ3v) is 7.82. The van der Waals surface area contributed by atoms with Gasteiger partial charge in [-0.05, 0) is 56.0 Å². The average molecular weight is 499 g/mol. The van der Waals surface area contributed by atoms with E-state index >= 15 is 0 Å². The molecule has 0 atom stereocenters. The minimum atomic E-state index is -3.83. The summed E-state index contributed by atoms with van der Waals surface area (Å²) in [6, 6.07) is 6.98. The molecule has 3 aromatic rings. The molecule has 0 aliphatic heterocycles. The Bertz CT molecular complexity index is 1340. The lowest BCUT2D eigenvalue weighted by molar-refractivity contribution is -0.137. The molecule has 0 unspecified atom stereocenters. The van der Waals surface area contributed by atoms with Gasteiger partial charge in [-0.1, -0.05) is 23.2 Å². The van der Waals surface area contributed by atoms with Gasteiger partial charge in [-0.2, -0.15) is 0 Å². The van der Waals surface area contributed by atoms with Crippen molar-refractivity contribution in [3.8, 4) is 0 Å². The van der Waals surface area contributed by atoms with Crippen LogP contribution in [0, 0.1) is 0 Å². The summed E-state index contributed by atoms with van der Waals surface area (Å²) in [5.41, 5.74) is 0.453. The van der Waals surface area contributed by atoms with Gasteiger partial charge in [-0.25, -0.2) is 22.9 Å². The molecule has 170 valence electrons. The second-order valence-electron chi connectivity index (χ2n) is 7.68. The Labute approximate surface area is 193 Å². The SMILES string of the molecule is O=C(O)Cn1c(=O)n(C2CCC(NS(=O)(=O)c3ccc(Cl)cc3Cl)CC2)c2ncccc21. The molecule has 1 aliphatic carbocycles. The zero-order valence-electron chi connectivity index (χ0n) is 16.7. The van der Waals surface area contributed by atoms with Crippen LogP contribution in [0.4, 0.5) is 0 Å². The number of rotatable bonds is 6. The minimum Gasteiger partial charge on any atom is -0.480 e. The van der Waals surface area contributed by atoms with E-state index in [0.717, 1.165) is 0 Å². The second kappa shape index (κ2) is 8.86. The summed E-state index contributed by atoms with van der Waals surface area (Å²) in [4.78, 5) is 28.4. The lowest BCUT2D eigenvalue weighted by Gasteiger charge is -2.29. The van der Waals surface area contributed by atoms with E-state index < -0.39 is 28.2 Å². The monoisotopic (exact) mass is 498 g/mol. The summed E-state index contributed by atoms with van der Waals surface area (Å²) < 4.78 is 30.9. The van der Waals surface area contributed by atoms with Crippen LogP contribution in [0.2, 0.25) is 10.0 Å². The number of benzene rings is 1. The predicted octanol–water partition coefficient (Wildman–Crippen LogP) is 3.05. The number of halogens is 2. The highest BCUT2D eigenvalue weighted by Crippen LogP contribution is 2.31. The molecule has 0 bridgehead atoms. The lowest BCUT2D eigenvalue weighted by Crippen LogP contribution is -2.39. The highest BCUT2D eigenvalue weighted by atomic mass is 35.5. The molecule has 0 amide bonds. The number of carboxylic acids is 1. The van der Waals surface area contributed by atoms with Crippen LogP contribution in [-0.2, 0) is 21.4 Å². The largest absolute Gasteiger partial charge is 0.480 e. The fourth-order valence-corrected chi connectivity index (χ4v) is 6.23. The smallest absolute Gasteiger partial charge is 0.331 e. The van der Waals surface area contributed by atoms with E-state index in [1.54, 1.807) is 18.3 Å². The van der Waals surface area contributed by atoms with Crippen molar-refractivity contribution in [1.29, 1.82) is 0 Å². The van der Waals surface area contributed by atoms with Crippen molar-refractivity contribution in [2.75, 3.05) is 0 Å². The Balaban J connectivity index is 1.53. The first-order valence-electron chi connectivity index (χ1n) is 9.92. The maximum atomic E-state index is 13.0. The van der Waals surface area contributed by atoms with Gasteiger partial charge >= 0.3 is 11.7 Å². The van der Waals surface area contributed by atoms with Gasteiger partial charge < -0.3 is 5.11 Å². The molecule has 4 rings (SSSR count). The summed E-state index contributed by atoms with van der Waals surface area (Å²) in [5.74, 6) is -1.12. The van der Waals surface area contributed by atoms with E-state index in [-0.39, 0.29) is 22.0 Å². The van der Waals surface area contributed by atoms with Crippen LogP contribution >= 0.6 is 23.2 Å². The van der Waals surface area contributed by atoms with E-state index in [4.69, 9.17) is 23.2 Å². The van der Waals surface area contributed by atoms with Gasteiger partial charge in [0.05, 0.1) is 10.5 Å². The highest BCUT2D eigenvalue weighted by Gasteiger charge is 2.30. The Morgan fingerprint density at radius 3 is 2.56 bits per heavy atom. The molecule has 1 fully saturated rings. The van der Waals surface area contributed by atoms with E-state index in [1.807, 2.05) is 0 Å². The van der Waals surface area contributed by atoms with E-state index in [1.165, 1.54) is 27.3 Å². The Hall–Kier alpha value is -2.40. The van der Waals surface area contributed by atoms with Crippen LogP contribution in [-0.4, -0.2) is 39.7 Å². The zero-order valence-corrected chi connectivity index (χ0v) is 19.1. The first-order valence-corrected chi connectivity index (χ1v) is 12.2. The number of imidazole rings is 1. The summed E-state index contributed by atoms with van der Waals surface area (Å²) >= 11 is 11.9. The minimum absolute atomic E-state index is 0.0390. The molecular weight excluding hydrogens is 479 g/mol. The molecular formula is C20H20Cl2N4O5S. The third-order valence-electron chi connectivity index (χ3n) is 5.58. The van der Waals surface area contributed by atoms with Gasteiger partial charge in [-0.15, -0.1) is 0 Å². The summed E-state index contributed by atoms with van der Waals surface area (Å²) in [7, 11) is -3.83. The molecule has 1 aliphatic rings. The standard InChI is InChI=1S/C20H20Cl2N4O5S/c21-12-3-8-17(15(22)10-12)32(30,31)24-13-4-6-14(7-5-13)26-19-16(2-1-9-23-19)25(20(26)29)11-18(27)28/h1-3,8-10,13-14,24H,4-7,11H2,(H,27,28). The number of nitrogens with zero attached hydrogens (tertiary/aromatic N) is 3. The molecule has 32 heavy (non-hydrogen) atoms. The predicted molar refractivity (Wildman–Crippen MR) is 120 cm³/mol. The number of aromatic nitrogens is 3. The molecule has 1 aromatic carbocycles. The molecule has 1 saturated carbocycles. The second-order valence-corrected chi connectivity index (χ2v) is 10.2. The fourth-order valence-electron chi connectivity index (χ4n) is 4.15. The van der Waals surface area contributed by atoms with Crippen molar-refractivity contribution >= 4 is 50.4 Å². The van der Waals surface area contributed by atoms with Crippen molar-refractivity contribution in [3.05, 3.63) is 57.1 Å². The molecule has 2 N–H and O–H groups in total. The summed E-state index contributed by atoms with van der Waals surface area (Å²) in [5, 5.41) is 9.56. The number of fused-ring (bicyclic) bond motifs is 1. The Morgan fingerprint density at radius 1 is 1.19 bits per heavy atom. The van der Waals surface area contributed by atoms with Crippen molar-refractivity contribution in [3.63, 3.8) is 0 Å². The van der Waals surface area contributed by atoms with Gasteiger partial charge in [0.15, 0.2) is 5.65 Å². The van der Waals surface area contributed by atoms with Crippen LogP contribution in [0.25, 0.3) is 11.2 Å². The maximum absolute atomic E-state index is 13.0. The fraction of sp³-hybridized carbons (Fsp3) is 0.350. The highest BCUT2D eigenvalue weighted by molar-refractivity contribution is 7.89. The van der Waals surface area contributed by atoms with Gasteiger partial charge in [0, 0.05) is 23.3 Å². The molecule has 12 heteroatoms. The average Bonchev–Trinajstić information content (AvgIpc) is 2.99. The van der Waals surface area contributed by atoms with Gasteiger partial charge in [-0.3, -0.25) is 13.9 Å². The maximum Gasteiger partial charge on any atom is 0.331 e. The molecule has 0 radical (unpaired) electrons. The van der Waals surface area contributed by atoms with Crippen LogP contribution in [0.3, 0.4) is 0 Å². The summed E-state index contributed by atoms with van der Waals surface area (Å²) in [6.45, 7) is -0.453. The topological polar surface area (TPSA) is 123 Å². The molecule has 2 aromatic heterocycles. The van der Waals surface area contributed by atoms with E-state index in [2.05, 4.69) is 9.71 Å². The first kappa shape index (κ1) is 22.8. The Morgan fingerprint density at radius 2 is 1.91 bits per heavy atom. The van der Waals surface area contributed by atoms with Gasteiger partial charge in [0.1, 0.15) is 11.4 Å². The zero-order chi connectivity index (χ0) is 23.0. The number of hydrogen-bond acceptors (Lipinski definition) is 5. The van der Waals surface area contributed by atoms with Crippen molar-refractivity contribution in [2.45, 2.75) is 49.2 Å². The number of hydrogen-bond donors (Lipinski definition) is 2. The van der Waals surface area contributed by atoms with Gasteiger partial charge in [0.25, 0.3) is 0 Å². The number of nitrogens with one attached hydrogen (secondary N) is 1.